The van der Waals surface area contributed by atoms with Crippen LogP contribution in [0.2, 0.25) is 5.02 Å². The second-order valence-corrected chi connectivity index (χ2v) is 7.95. The van der Waals surface area contributed by atoms with Gasteiger partial charge in [-0.2, -0.15) is 0 Å². The molecule has 0 aliphatic carbocycles. The van der Waals surface area contributed by atoms with Gasteiger partial charge < -0.3 is 15.1 Å². The Bertz CT molecular complexity index is 1190. The molecule has 0 radical (unpaired) electrons. The van der Waals surface area contributed by atoms with Gasteiger partial charge in [0.25, 0.3) is 17.5 Å². The lowest BCUT2D eigenvalue weighted by Gasteiger charge is -2.36. The lowest BCUT2D eigenvalue weighted by atomic mass is 10.1. The normalized spacial score (nSPS) is 13.5. The number of halogens is 1. The highest BCUT2D eigenvalue weighted by Gasteiger charge is 2.25. The molecule has 1 aliphatic rings. The Balaban J connectivity index is 1.48. The van der Waals surface area contributed by atoms with E-state index in [1.54, 1.807) is 29.2 Å². The fourth-order valence-corrected chi connectivity index (χ4v) is 3.93. The Morgan fingerprint density at radius 2 is 1.58 bits per heavy atom. The minimum absolute atomic E-state index is 0.0539. The second-order valence-electron chi connectivity index (χ2n) is 7.54. The van der Waals surface area contributed by atoms with E-state index >= 15 is 0 Å². The van der Waals surface area contributed by atoms with E-state index in [0.717, 1.165) is 11.8 Å². The molecule has 1 aliphatic heterocycles. The van der Waals surface area contributed by atoms with Gasteiger partial charge in [-0.3, -0.25) is 19.7 Å². The number of nitro benzene ring substituents is 1. The zero-order valence-electron chi connectivity index (χ0n) is 17.6. The highest BCUT2D eigenvalue weighted by Crippen LogP contribution is 2.26. The van der Waals surface area contributed by atoms with Crippen molar-refractivity contribution < 1.29 is 14.5 Å². The van der Waals surface area contributed by atoms with Crippen molar-refractivity contribution in [3.05, 3.63) is 99.1 Å². The van der Waals surface area contributed by atoms with E-state index in [0.29, 0.717) is 37.4 Å². The van der Waals surface area contributed by atoms with Crippen molar-refractivity contribution in [1.82, 2.24) is 4.90 Å². The summed E-state index contributed by atoms with van der Waals surface area (Å²) in [6, 6.07) is 20.6. The fourth-order valence-electron chi connectivity index (χ4n) is 3.74. The number of nitro groups is 1. The van der Waals surface area contributed by atoms with Crippen LogP contribution in [-0.4, -0.2) is 47.8 Å². The zero-order chi connectivity index (χ0) is 23.4. The van der Waals surface area contributed by atoms with Gasteiger partial charge in [0.1, 0.15) is 5.02 Å². The summed E-state index contributed by atoms with van der Waals surface area (Å²) in [5.41, 5.74) is 1.54. The van der Waals surface area contributed by atoms with Crippen molar-refractivity contribution in [2.75, 3.05) is 36.4 Å². The van der Waals surface area contributed by atoms with Crippen LogP contribution in [0.3, 0.4) is 0 Å². The first-order valence-electron chi connectivity index (χ1n) is 10.4. The molecule has 1 N–H and O–H groups in total. The van der Waals surface area contributed by atoms with Crippen molar-refractivity contribution in [2.45, 2.75) is 0 Å². The van der Waals surface area contributed by atoms with Crippen LogP contribution < -0.4 is 10.2 Å². The summed E-state index contributed by atoms with van der Waals surface area (Å²) in [4.78, 5) is 40.4. The third-order valence-electron chi connectivity index (χ3n) is 5.50. The molecule has 2 amide bonds. The zero-order valence-corrected chi connectivity index (χ0v) is 18.4. The smallest absolute Gasteiger partial charge is 0.288 e. The van der Waals surface area contributed by atoms with Gasteiger partial charge in [-0.05, 0) is 36.4 Å². The Kier molecular flexibility index (Phi) is 6.55. The molecule has 0 spiro atoms. The molecule has 33 heavy (non-hydrogen) atoms. The van der Waals surface area contributed by atoms with Crippen LogP contribution in [-0.2, 0) is 0 Å². The number of piperazine rings is 1. The molecule has 9 heteroatoms. The summed E-state index contributed by atoms with van der Waals surface area (Å²) in [5, 5.41) is 13.8. The highest BCUT2D eigenvalue weighted by molar-refractivity contribution is 6.32. The van der Waals surface area contributed by atoms with Gasteiger partial charge in [-0.25, -0.2) is 0 Å². The average molecular weight is 465 g/mol. The van der Waals surface area contributed by atoms with Crippen LogP contribution in [0.15, 0.2) is 72.8 Å². The number of nitrogens with zero attached hydrogens (tertiary/aromatic N) is 3. The number of para-hydroxylation sites is 2. The van der Waals surface area contributed by atoms with Crippen LogP contribution in [0.5, 0.6) is 0 Å². The first-order valence-corrected chi connectivity index (χ1v) is 10.8. The maximum absolute atomic E-state index is 13.2. The lowest BCUT2D eigenvalue weighted by Crippen LogP contribution is -2.48. The summed E-state index contributed by atoms with van der Waals surface area (Å²) in [6.07, 6.45) is 0. The molecule has 0 atom stereocenters. The quantitative estimate of drug-likeness (QED) is 0.444. The van der Waals surface area contributed by atoms with Crippen molar-refractivity contribution in [1.29, 1.82) is 0 Å². The van der Waals surface area contributed by atoms with Gasteiger partial charge in [0.2, 0.25) is 0 Å². The van der Waals surface area contributed by atoms with Crippen LogP contribution in [0.25, 0.3) is 0 Å². The van der Waals surface area contributed by atoms with Gasteiger partial charge >= 0.3 is 0 Å². The molecular weight excluding hydrogens is 444 g/mol. The molecule has 168 valence electrons. The van der Waals surface area contributed by atoms with Gasteiger partial charge in [0.15, 0.2) is 0 Å². The number of hydrogen-bond acceptors (Lipinski definition) is 5. The van der Waals surface area contributed by atoms with E-state index in [1.807, 2.05) is 30.3 Å². The summed E-state index contributed by atoms with van der Waals surface area (Å²) in [5.74, 6) is -0.746. The number of amides is 2. The third-order valence-corrected chi connectivity index (χ3v) is 5.82. The van der Waals surface area contributed by atoms with E-state index in [2.05, 4.69) is 10.2 Å². The molecule has 0 bridgehead atoms. The number of benzene rings is 3. The SMILES string of the molecule is O=C(Nc1ccccc1C(=O)N1CCN(c2ccccc2)CC1)c1ccc(Cl)c([N+](=O)[O-])c1. The van der Waals surface area contributed by atoms with Crippen LogP contribution in [0, 0.1) is 10.1 Å². The highest BCUT2D eigenvalue weighted by atomic mass is 35.5. The molecule has 1 saturated heterocycles. The van der Waals surface area contributed by atoms with E-state index in [4.69, 9.17) is 11.6 Å². The molecule has 4 rings (SSSR count). The van der Waals surface area contributed by atoms with E-state index in [9.17, 15) is 19.7 Å². The van der Waals surface area contributed by atoms with Crippen molar-refractivity contribution in [3.63, 3.8) is 0 Å². The summed E-state index contributed by atoms with van der Waals surface area (Å²) in [7, 11) is 0. The topological polar surface area (TPSA) is 95.8 Å². The molecule has 0 saturated carbocycles. The standard InChI is InChI=1S/C24H21ClN4O4/c25-20-11-10-17(16-22(20)29(32)33)23(30)26-21-9-5-4-8-19(21)24(31)28-14-12-27(13-15-28)18-6-2-1-3-7-18/h1-11,16H,12-15H2,(H,26,30). The molecule has 3 aromatic rings. The molecular formula is C24H21ClN4O4. The average Bonchev–Trinajstić information content (AvgIpc) is 2.84. The minimum Gasteiger partial charge on any atom is -0.368 e. The van der Waals surface area contributed by atoms with Crippen molar-refractivity contribution >= 4 is 40.5 Å². The first-order chi connectivity index (χ1) is 15.9. The first kappa shape index (κ1) is 22.3. The Labute approximate surface area is 195 Å². The van der Waals surface area contributed by atoms with Crippen molar-refractivity contribution in [2.24, 2.45) is 0 Å². The molecule has 3 aromatic carbocycles. The Morgan fingerprint density at radius 1 is 0.909 bits per heavy atom. The molecule has 1 fully saturated rings. The van der Waals surface area contributed by atoms with Gasteiger partial charge in [-0.15, -0.1) is 0 Å². The van der Waals surface area contributed by atoms with E-state index in [-0.39, 0.29) is 22.2 Å². The number of rotatable bonds is 5. The number of carbonyl (C=O) groups is 2. The lowest BCUT2D eigenvalue weighted by molar-refractivity contribution is -0.384. The fraction of sp³-hybridized carbons (Fsp3) is 0.167. The predicted molar refractivity (Wildman–Crippen MR) is 127 cm³/mol. The van der Waals surface area contributed by atoms with E-state index in [1.165, 1.54) is 12.1 Å². The molecule has 0 unspecified atom stereocenters. The number of carbonyl (C=O) groups excluding carboxylic acids is 2. The molecule has 8 nitrogen and oxygen atoms in total. The van der Waals surface area contributed by atoms with E-state index < -0.39 is 10.8 Å². The van der Waals surface area contributed by atoms with Gasteiger partial charge in [0.05, 0.1) is 16.2 Å². The van der Waals surface area contributed by atoms with Crippen LogP contribution in [0.4, 0.5) is 17.1 Å². The monoisotopic (exact) mass is 464 g/mol. The summed E-state index contributed by atoms with van der Waals surface area (Å²) >= 11 is 5.83. The van der Waals surface area contributed by atoms with Gasteiger partial charge in [0, 0.05) is 43.5 Å². The molecule has 1 heterocycles. The second kappa shape index (κ2) is 9.70. The maximum Gasteiger partial charge on any atom is 0.288 e. The summed E-state index contributed by atoms with van der Waals surface area (Å²) < 4.78 is 0. The third kappa shape index (κ3) is 4.96. The summed E-state index contributed by atoms with van der Waals surface area (Å²) in [6.45, 7) is 2.52. The van der Waals surface area contributed by atoms with Crippen LogP contribution in [0.1, 0.15) is 20.7 Å². The van der Waals surface area contributed by atoms with Gasteiger partial charge in [-0.1, -0.05) is 41.9 Å². The largest absolute Gasteiger partial charge is 0.368 e. The minimum atomic E-state index is -0.647. The Morgan fingerprint density at radius 3 is 2.27 bits per heavy atom. The molecule has 0 aromatic heterocycles. The number of anilines is 2. The number of hydrogen-bond donors (Lipinski definition) is 1. The van der Waals surface area contributed by atoms with Crippen LogP contribution >= 0.6 is 11.6 Å². The van der Waals surface area contributed by atoms with Crippen molar-refractivity contribution in [3.8, 4) is 0 Å². The number of nitrogens with one attached hydrogen (secondary N) is 1. The maximum atomic E-state index is 13.2. The Hall–Kier alpha value is -3.91. The predicted octanol–water partition coefficient (Wildman–Crippen LogP) is 4.46.